The first kappa shape index (κ1) is 25.1. The molecular weight excluding hydrogens is 478 g/mol. The zero-order valence-corrected chi connectivity index (χ0v) is 20.3. The number of carbonyl (C=O) groups is 1. The number of sulfonamides is 2. The molecule has 0 aromatic heterocycles. The summed E-state index contributed by atoms with van der Waals surface area (Å²) in [5.41, 5.74) is 0.985. The van der Waals surface area contributed by atoms with Gasteiger partial charge in [0.25, 0.3) is 10.0 Å². The van der Waals surface area contributed by atoms with Crippen LogP contribution in [0.25, 0.3) is 0 Å². The number of benzene rings is 3. The van der Waals surface area contributed by atoms with Crippen LogP contribution in [0.15, 0.2) is 83.8 Å². The van der Waals surface area contributed by atoms with Crippen LogP contribution in [0.3, 0.4) is 0 Å². The maximum absolute atomic E-state index is 12.6. The SMILES string of the molecule is CCOc1ccccc1N(CC(=O)Nc1ccc(S(=O)(=O)Nc2ccccc2)cc1)S(C)(=O)=O. The molecule has 2 N–H and O–H groups in total. The fourth-order valence-corrected chi connectivity index (χ4v) is 5.01. The summed E-state index contributed by atoms with van der Waals surface area (Å²) in [4.78, 5) is 12.7. The molecule has 0 aliphatic heterocycles. The second-order valence-corrected chi connectivity index (χ2v) is 10.8. The Balaban J connectivity index is 1.73. The van der Waals surface area contributed by atoms with Crippen LogP contribution in [-0.4, -0.2) is 42.2 Å². The minimum Gasteiger partial charge on any atom is -0.492 e. The minimum absolute atomic E-state index is 0.0118. The molecule has 3 aromatic carbocycles. The molecule has 0 fully saturated rings. The quantitative estimate of drug-likeness (QED) is 0.438. The molecule has 0 spiro atoms. The number of amides is 1. The smallest absolute Gasteiger partial charge is 0.261 e. The van der Waals surface area contributed by atoms with Crippen LogP contribution in [0.1, 0.15) is 6.92 Å². The summed E-state index contributed by atoms with van der Waals surface area (Å²) in [6, 6.07) is 20.5. The lowest BCUT2D eigenvalue weighted by Crippen LogP contribution is -2.37. The summed E-state index contributed by atoms with van der Waals surface area (Å²) in [5, 5.41) is 2.59. The number of para-hydroxylation sites is 3. The zero-order valence-electron chi connectivity index (χ0n) is 18.6. The van der Waals surface area contributed by atoms with Crippen LogP contribution in [-0.2, 0) is 24.8 Å². The summed E-state index contributed by atoms with van der Waals surface area (Å²) >= 11 is 0. The molecule has 0 saturated carbocycles. The number of hydrogen-bond donors (Lipinski definition) is 2. The van der Waals surface area contributed by atoms with Crippen LogP contribution in [0.5, 0.6) is 5.75 Å². The molecule has 0 atom stereocenters. The Bertz CT molecular complexity index is 1340. The van der Waals surface area contributed by atoms with E-state index in [0.29, 0.717) is 23.7 Å². The zero-order chi connectivity index (χ0) is 24.8. The monoisotopic (exact) mass is 503 g/mol. The summed E-state index contributed by atoms with van der Waals surface area (Å²) in [7, 11) is -7.60. The molecule has 0 aliphatic rings. The second kappa shape index (κ2) is 10.6. The van der Waals surface area contributed by atoms with Gasteiger partial charge in [-0.15, -0.1) is 0 Å². The van der Waals surface area contributed by atoms with Crippen molar-refractivity contribution >= 4 is 43.0 Å². The van der Waals surface area contributed by atoms with E-state index in [1.54, 1.807) is 61.5 Å². The molecule has 11 heteroatoms. The molecule has 0 saturated heterocycles. The van der Waals surface area contributed by atoms with Crippen LogP contribution in [0.4, 0.5) is 17.1 Å². The van der Waals surface area contributed by atoms with Gasteiger partial charge in [-0.2, -0.15) is 0 Å². The Hall–Kier alpha value is -3.57. The van der Waals surface area contributed by atoms with E-state index >= 15 is 0 Å². The van der Waals surface area contributed by atoms with E-state index < -0.39 is 32.5 Å². The summed E-state index contributed by atoms with van der Waals surface area (Å²) in [6.45, 7) is 1.61. The number of ether oxygens (including phenoxy) is 1. The Morgan fingerprint density at radius 1 is 0.853 bits per heavy atom. The van der Waals surface area contributed by atoms with Gasteiger partial charge in [0.05, 0.1) is 23.4 Å². The van der Waals surface area contributed by atoms with Crippen LogP contribution < -0.4 is 19.1 Å². The van der Waals surface area contributed by atoms with Crippen molar-refractivity contribution in [3.63, 3.8) is 0 Å². The lowest BCUT2D eigenvalue weighted by molar-refractivity contribution is -0.114. The molecule has 0 aliphatic carbocycles. The number of hydrogen-bond acceptors (Lipinski definition) is 6. The maximum Gasteiger partial charge on any atom is 0.261 e. The van der Waals surface area contributed by atoms with Crippen LogP contribution >= 0.6 is 0 Å². The molecule has 1 amide bonds. The molecule has 0 unspecified atom stereocenters. The second-order valence-electron chi connectivity index (χ2n) is 7.21. The van der Waals surface area contributed by atoms with Crippen molar-refractivity contribution in [3.05, 3.63) is 78.9 Å². The third-order valence-electron chi connectivity index (χ3n) is 4.60. The molecular formula is C23H25N3O6S2. The molecule has 180 valence electrons. The van der Waals surface area contributed by atoms with E-state index in [1.807, 2.05) is 0 Å². The van der Waals surface area contributed by atoms with Crippen molar-refractivity contribution in [1.29, 1.82) is 0 Å². The van der Waals surface area contributed by atoms with E-state index in [1.165, 1.54) is 24.3 Å². The van der Waals surface area contributed by atoms with Gasteiger partial charge < -0.3 is 10.1 Å². The Kier molecular flexibility index (Phi) is 7.79. The molecule has 34 heavy (non-hydrogen) atoms. The highest BCUT2D eigenvalue weighted by atomic mass is 32.2. The number of rotatable bonds is 10. The first-order chi connectivity index (χ1) is 16.1. The van der Waals surface area contributed by atoms with Gasteiger partial charge in [0.15, 0.2) is 0 Å². The Labute approximate surface area is 199 Å². The van der Waals surface area contributed by atoms with Gasteiger partial charge in [-0.3, -0.25) is 13.8 Å². The average molecular weight is 504 g/mol. The van der Waals surface area contributed by atoms with Gasteiger partial charge in [0.2, 0.25) is 15.9 Å². The fourth-order valence-electron chi connectivity index (χ4n) is 3.09. The summed E-state index contributed by atoms with van der Waals surface area (Å²) in [6.07, 6.45) is 1.00. The van der Waals surface area contributed by atoms with Crippen molar-refractivity contribution < 1.29 is 26.4 Å². The van der Waals surface area contributed by atoms with Gasteiger partial charge >= 0.3 is 0 Å². The molecule has 9 nitrogen and oxygen atoms in total. The van der Waals surface area contributed by atoms with Crippen molar-refractivity contribution in [3.8, 4) is 5.75 Å². The lowest BCUT2D eigenvalue weighted by atomic mass is 10.3. The highest BCUT2D eigenvalue weighted by Crippen LogP contribution is 2.30. The minimum atomic E-state index is -3.81. The molecule has 0 bridgehead atoms. The summed E-state index contributed by atoms with van der Waals surface area (Å²) < 4.78 is 58.8. The van der Waals surface area contributed by atoms with E-state index in [-0.39, 0.29) is 10.6 Å². The predicted octanol–water partition coefficient (Wildman–Crippen LogP) is 3.29. The Morgan fingerprint density at radius 2 is 1.47 bits per heavy atom. The van der Waals surface area contributed by atoms with Gasteiger partial charge in [-0.1, -0.05) is 30.3 Å². The normalized spacial score (nSPS) is 11.5. The van der Waals surface area contributed by atoms with E-state index in [9.17, 15) is 21.6 Å². The van der Waals surface area contributed by atoms with Gasteiger partial charge in [-0.25, -0.2) is 16.8 Å². The summed E-state index contributed by atoms with van der Waals surface area (Å²) in [5.74, 6) is -0.265. The average Bonchev–Trinajstić information content (AvgIpc) is 2.78. The topological polar surface area (TPSA) is 122 Å². The number of carbonyl (C=O) groups excluding carboxylic acids is 1. The maximum atomic E-state index is 12.6. The molecule has 3 rings (SSSR count). The standard InChI is InChI=1S/C23H25N3O6S2/c1-3-32-22-12-8-7-11-21(22)26(33(2,28)29)17-23(27)24-18-13-15-20(16-14-18)34(30,31)25-19-9-5-4-6-10-19/h4-16,25H,3,17H2,1-2H3,(H,24,27). The van der Waals surface area contributed by atoms with Crippen LogP contribution in [0, 0.1) is 0 Å². The molecule has 0 radical (unpaired) electrons. The number of anilines is 3. The van der Waals surface area contributed by atoms with E-state index in [2.05, 4.69) is 10.0 Å². The van der Waals surface area contributed by atoms with Gasteiger partial charge in [-0.05, 0) is 55.5 Å². The molecule has 3 aromatic rings. The molecule has 0 heterocycles. The van der Waals surface area contributed by atoms with Crippen molar-refractivity contribution in [2.24, 2.45) is 0 Å². The largest absolute Gasteiger partial charge is 0.492 e. The highest BCUT2D eigenvalue weighted by molar-refractivity contribution is 7.92. The van der Waals surface area contributed by atoms with E-state index in [0.717, 1.165) is 10.6 Å². The Morgan fingerprint density at radius 3 is 2.09 bits per heavy atom. The number of nitrogens with zero attached hydrogens (tertiary/aromatic N) is 1. The van der Waals surface area contributed by atoms with Crippen LogP contribution in [0.2, 0.25) is 0 Å². The highest BCUT2D eigenvalue weighted by Gasteiger charge is 2.24. The lowest BCUT2D eigenvalue weighted by Gasteiger charge is -2.24. The first-order valence-electron chi connectivity index (χ1n) is 10.3. The van der Waals surface area contributed by atoms with Gasteiger partial charge in [0.1, 0.15) is 12.3 Å². The first-order valence-corrected chi connectivity index (χ1v) is 13.6. The van der Waals surface area contributed by atoms with Crippen molar-refractivity contribution in [2.75, 3.05) is 33.8 Å². The van der Waals surface area contributed by atoms with Crippen molar-refractivity contribution in [2.45, 2.75) is 11.8 Å². The third kappa shape index (κ3) is 6.49. The predicted molar refractivity (Wildman–Crippen MR) is 132 cm³/mol. The number of nitrogens with one attached hydrogen (secondary N) is 2. The third-order valence-corrected chi connectivity index (χ3v) is 7.12. The van der Waals surface area contributed by atoms with Crippen molar-refractivity contribution in [1.82, 2.24) is 0 Å². The fraction of sp³-hybridized carbons (Fsp3) is 0.174. The van der Waals surface area contributed by atoms with E-state index in [4.69, 9.17) is 4.74 Å². The van der Waals surface area contributed by atoms with Gasteiger partial charge in [0, 0.05) is 11.4 Å².